The minimum Gasteiger partial charge on any atom is -0.333 e. The molecule has 0 rings (SSSR count). The Hall–Kier alpha value is -1.01. The highest BCUT2D eigenvalue weighted by molar-refractivity contribution is 7.46. The Morgan fingerprint density at radius 2 is 1.58 bits per heavy atom. The molecule has 0 aliphatic rings. The van der Waals surface area contributed by atoms with Crippen molar-refractivity contribution < 1.29 is 18.9 Å². The third-order valence-electron chi connectivity index (χ3n) is 1.22. The molecular formula is C12H25N2O4P. The van der Waals surface area contributed by atoms with Crippen LogP contribution < -0.4 is 11.1 Å². The van der Waals surface area contributed by atoms with Crippen LogP contribution in [0.3, 0.4) is 0 Å². The summed E-state index contributed by atoms with van der Waals surface area (Å²) in [5.74, 6) is 0. The second kappa shape index (κ2) is 19.3. The molecule has 0 spiro atoms. The van der Waals surface area contributed by atoms with Crippen molar-refractivity contribution in [3.63, 3.8) is 0 Å². The SMILES string of the molecule is C=C/C=C\C=C/C=C.CN.CNCCOP(=O)(O)O. The fourth-order valence-corrected chi connectivity index (χ4v) is 0.881. The smallest absolute Gasteiger partial charge is 0.333 e. The molecule has 0 saturated carbocycles. The zero-order valence-corrected chi connectivity index (χ0v) is 12.4. The van der Waals surface area contributed by atoms with Gasteiger partial charge in [0.2, 0.25) is 0 Å². The molecule has 0 aromatic carbocycles. The molecule has 7 heteroatoms. The highest BCUT2D eigenvalue weighted by Gasteiger charge is 2.11. The zero-order chi connectivity index (χ0) is 15.6. The monoisotopic (exact) mass is 292 g/mol. The topological polar surface area (TPSA) is 105 Å². The fraction of sp³-hybridized carbons (Fsp3) is 0.333. The lowest BCUT2D eigenvalue weighted by Crippen LogP contribution is -2.13. The Balaban J connectivity index is -0.000000239. The Bertz CT molecular complexity index is 282. The van der Waals surface area contributed by atoms with Gasteiger partial charge in [-0.05, 0) is 14.1 Å². The summed E-state index contributed by atoms with van der Waals surface area (Å²) in [6, 6.07) is 0. The number of rotatable bonds is 7. The van der Waals surface area contributed by atoms with Crippen LogP contribution in [0.25, 0.3) is 0 Å². The summed E-state index contributed by atoms with van der Waals surface area (Å²) in [6.45, 7) is 7.49. The zero-order valence-electron chi connectivity index (χ0n) is 11.5. The predicted octanol–water partition coefficient (Wildman–Crippen LogP) is 1.36. The van der Waals surface area contributed by atoms with Crippen LogP contribution in [0.15, 0.2) is 49.6 Å². The number of phosphoric ester groups is 1. The minimum absolute atomic E-state index is 0.0285. The summed E-state index contributed by atoms with van der Waals surface area (Å²) in [6.07, 6.45) is 11.0. The molecule has 0 saturated heterocycles. The van der Waals surface area contributed by atoms with E-state index in [1.54, 1.807) is 19.2 Å². The first-order chi connectivity index (χ1) is 8.97. The molecule has 0 atom stereocenters. The highest BCUT2D eigenvalue weighted by atomic mass is 31.2. The predicted molar refractivity (Wildman–Crippen MR) is 80.7 cm³/mol. The van der Waals surface area contributed by atoms with E-state index < -0.39 is 7.82 Å². The lowest BCUT2D eigenvalue weighted by molar-refractivity contribution is 0.199. The summed E-state index contributed by atoms with van der Waals surface area (Å²) in [4.78, 5) is 16.2. The van der Waals surface area contributed by atoms with Crippen LogP contribution in [-0.4, -0.2) is 37.0 Å². The molecule has 0 bridgehead atoms. The molecule has 0 amide bonds. The first-order valence-electron chi connectivity index (χ1n) is 5.47. The Labute approximate surface area is 115 Å². The van der Waals surface area contributed by atoms with Gasteiger partial charge in [0.1, 0.15) is 0 Å². The second-order valence-corrected chi connectivity index (χ2v) is 3.91. The first kappa shape index (κ1) is 23.1. The van der Waals surface area contributed by atoms with Crippen molar-refractivity contribution in [2.24, 2.45) is 5.73 Å². The van der Waals surface area contributed by atoms with Gasteiger partial charge in [-0.1, -0.05) is 49.6 Å². The Morgan fingerprint density at radius 1 is 1.16 bits per heavy atom. The van der Waals surface area contributed by atoms with Crippen LogP contribution in [0, 0.1) is 0 Å². The van der Waals surface area contributed by atoms with Crippen LogP contribution in [0.4, 0.5) is 0 Å². The number of nitrogens with two attached hydrogens (primary N) is 1. The van der Waals surface area contributed by atoms with Gasteiger partial charge >= 0.3 is 7.82 Å². The Kier molecular flexibility index (Phi) is 23.5. The van der Waals surface area contributed by atoms with Crippen molar-refractivity contribution >= 4 is 7.82 Å². The van der Waals surface area contributed by atoms with Gasteiger partial charge in [-0.3, -0.25) is 4.52 Å². The van der Waals surface area contributed by atoms with E-state index in [1.165, 1.54) is 7.05 Å². The van der Waals surface area contributed by atoms with Gasteiger partial charge in [0.05, 0.1) is 6.61 Å². The van der Waals surface area contributed by atoms with Gasteiger partial charge < -0.3 is 20.8 Å². The minimum atomic E-state index is -4.24. The lowest BCUT2D eigenvalue weighted by atomic mass is 10.4. The van der Waals surface area contributed by atoms with Crippen molar-refractivity contribution in [2.45, 2.75) is 0 Å². The molecule has 0 aliphatic heterocycles. The molecular weight excluding hydrogens is 267 g/mol. The number of hydrogen-bond acceptors (Lipinski definition) is 4. The van der Waals surface area contributed by atoms with E-state index >= 15 is 0 Å². The largest absolute Gasteiger partial charge is 0.469 e. The molecule has 0 aliphatic carbocycles. The van der Waals surface area contributed by atoms with Crippen LogP contribution in [0.2, 0.25) is 0 Å². The fourth-order valence-electron chi connectivity index (χ4n) is 0.552. The normalized spacial score (nSPS) is 10.4. The average molecular weight is 292 g/mol. The highest BCUT2D eigenvalue weighted by Crippen LogP contribution is 2.34. The standard InChI is InChI=1S/C8H10.C3H10NO4P.CH5N/c1-3-5-7-8-6-4-2;1-4-2-3-8-9(5,6)7;1-2/h3-8H,1-2H2;4H,2-3H2,1H3,(H2,5,6,7);2H2,1H3/b7-5-,8-6-;;. The summed E-state index contributed by atoms with van der Waals surface area (Å²) < 4.78 is 14.0. The Morgan fingerprint density at radius 3 is 1.84 bits per heavy atom. The molecule has 19 heavy (non-hydrogen) atoms. The maximum Gasteiger partial charge on any atom is 0.469 e. The van der Waals surface area contributed by atoms with Gasteiger partial charge in [-0.25, -0.2) is 4.57 Å². The van der Waals surface area contributed by atoms with E-state index in [0.717, 1.165) is 0 Å². The second-order valence-electron chi connectivity index (χ2n) is 2.67. The van der Waals surface area contributed by atoms with E-state index in [4.69, 9.17) is 9.79 Å². The summed E-state index contributed by atoms with van der Waals surface area (Å²) in [5, 5.41) is 2.67. The maximum atomic E-state index is 9.95. The van der Waals surface area contributed by atoms with Crippen LogP contribution >= 0.6 is 7.82 Å². The average Bonchev–Trinajstić information content (AvgIpc) is 2.37. The van der Waals surface area contributed by atoms with Crippen LogP contribution in [-0.2, 0) is 9.09 Å². The summed E-state index contributed by atoms with van der Waals surface area (Å²) in [7, 11) is -1.07. The summed E-state index contributed by atoms with van der Waals surface area (Å²) in [5.41, 5.74) is 4.50. The van der Waals surface area contributed by atoms with Crippen molar-refractivity contribution in [2.75, 3.05) is 27.2 Å². The van der Waals surface area contributed by atoms with Gasteiger partial charge in [0, 0.05) is 6.54 Å². The van der Waals surface area contributed by atoms with E-state index in [2.05, 4.69) is 28.7 Å². The lowest BCUT2D eigenvalue weighted by Gasteiger charge is -2.02. The molecule has 0 aromatic rings. The third-order valence-corrected chi connectivity index (χ3v) is 1.74. The van der Waals surface area contributed by atoms with Gasteiger partial charge in [0.25, 0.3) is 0 Å². The van der Waals surface area contributed by atoms with E-state index in [9.17, 15) is 4.57 Å². The molecule has 112 valence electrons. The quantitative estimate of drug-likeness (QED) is 0.321. The van der Waals surface area contributed by atoms with E-state index in [1.807, 2.05) is 24.3 Å². The molecule has 5 N–H and O–H groups in total. The van der Waals surface area contributed by atoms with Gasteiger partial charge in [-0.2, -0.15) is 0 Å². The van der Waals surface area contributed by atoms with E-state index in [0.29, 0.717) is 6.54 Å². The molecule has 0 aromatic heterocycles. The van der Waals surface area contributed by atoms with E-state index in [-0.39, 0.29) is 6.61 Å². The van der Waals surface area contributed by atoms with Crippen molar-refractivity contribution in [1.29, 1.82) is 0 Å². The number of hydrogen-bond donors (Lipinski definition) is 4. The third kappa shape index (κ3) is 38.3. The number of allylic oxidation sites excluding steroid dienone is 6. The van der Waals surface area contributed by atoms with Crippen molar-refractivity contribution in [3.8, 4) is 0 Å². The van der Waals surface area contributed by atoms with Crippen molar-refractivity contribution in [1.82, 2.24) is 5.32 Å². The van der Waals surface area contributed by atoms with Crippen LogP contribution in [0.1, 0.15) is 0 Å². The summed E-state index contributed by atoms with van der Waals surface area (Å²) >= 11 is 0. The number of phosphoric acid groups is 1. The van der Waals surface area contributed by atoms with Gasteiger partial charge in [0.15, 0.2) is 0 Å². The first-order valence-corrected chi connectivity index (χ1v) is 7.00. The number of likely N-dealkylation sites (N-methyl/N-ethyl adjacent to an activating group) is 1. The molecule has 0 unspecified atom stereocenters. The molecule has 0 fully saturated rings. The van der Waals surface area contributed by atoms with Crippen molar-refractivity contribution in [3.05, 3.63) is 49.6 Å². The molecule has 6 nitrogen and oxygen atoms in total. The number of nitrogens with one attached hydrogen (secondary N) is 1. The molecule has 0 heterocycles. The molecule has 0 radical (unpaired) electrons. The van der Waals surface area contributed by atoms with Gasteiger partial charge in [-0.15, -0.1) is 0 Å². The maximum absolute atomic E-state index is 9.95. The van der Waals surface area contributed by atoms with Crippen LogP contribution in [0.5, 0.6) is 0 Å².